The van der Waals surface area contributed by atoms with Crippen LogP contribution in [0.15, 0.2) is 84.0 Å². The van der Waals surface area contributed by atoms with Crippen molar-refractivity contribution in [3.8, 4) is 34.3 Å². The van der Waals surface area contributed by atoms with Crippen molar-refractivity contribution in [3.63, 3.8) is 0 Å². The molecule has 140 valence electrons. The van der Waals surface area contributed by atoms with Gasteiger partial charge in [-0.3, -0.25) is 9.36 Å². The van der Waals surface area contributed by atoms with Gasteiger partial charge >= 0.3 is 0 Å². The first-order valence-corrected chi connectivity index (χ1v) is 9.03. The van der Waals surface area contributed by atoms with E-state index in [1.807, 2.05) is 37.4 Å². The number of nitrogens with zero attached hydrogens (tertiary/aromatic N) is 4. The molecule has 2 aromatic heterocycles. The van der Waals surface area contributed by atoms with E-state index in [0.29, 0.717) is 33.8 Å². The summed E-state index contributed by atoms with van der Waals surface area (Å²) < 4.78 is 1.57. The van der Waals surface area contributed by atoms with Gasteiger partial charge in [-0.25, -0.2) is 9.97 Å². The molecule has 0 unspecified atom stereocenters. The Morgan fingerprint density at radius 3 is 2.52 bits per heavy atom. The highest BCUT2D eigenvalue weighted by Crippen LogP contribution is 2.25. The Labute approximate surface area is 167 Å². The number of rotatable bonds is 4. The summed E-state index contributed by atoms with van der Waals surface area (Å²) in [7, 11) is 1.82. The van der Waals surface area contributed by atoms with Crippen molar-refractivity contribution in [1.82, 2.24) is 14.5 Å². The fraction of sp³-hybridized carbons (Fsp3) is 0.0435. The number of benzene rings is 2. The van der Waals surface area contributed by atoms with E-state index >= 15 is 0 Å². The predicted molar refractivity (Wildman–Crippen MR) is 113 cm³/mol. The molecule has 29 heavy (non-hydrogen) atoms. The van der Waals surface area contributed by atoms with Crippen LogP contribution in [-0.4, -0.2) is 21.6 Å². The van der Waals surface area contributed by atoms with E-state index in [1.54, 1.807) is 53.5 Å². The quantitative estimate of drug-likeness (QED) is 0.583. The van der Waals surface area contributed by atoms with Gasteiger partial charge in [0, 0.05) is 48.0 Å². The van der Waals surface area contributed by atoms with Crippen molar-refractivity contribution >= 4 is 5.69 Å². The third kappa shape index (κ3) is 3.49. The third-order valence-corrected chi connectivity index (χ3v) is 4.59. The minimum atomic E-state index is -0.222. The maximum atomic E-state index is 13.4. The van der Waals surface area contributed by atoms with Gasteiger partial charge in [0.2, 0.25) is 0 Å². The summed E-state index contributed by atoms with van der Waals surface area (Å²) in [5.74, 6) is 0.502. The highest BCUT2D eigenvalue weighted by Gasteiger charge is 2.15. The summed E-state index contributed by atoms with van der Waals surface area (Å²) in [6.07, 6.45) is 5.04. The Balaban J connectivity index is 2.03. The van der Waals surface area contributed by atoms with Gasteiger partial charge in [0.15, 0.2) is 5.82 Å². The number of pyridine rings is 1. The van der Waals surface area contributed by atoms with Crippen LogP contribution < -0.4 is 10.9 Å². The molecule has 2 aromatic carbocycles. The first kappa shape index (κ1) is 18.1. The number of hydrogen-bond donors (Lipinski definition) is 1. The van der Waals surface area contributed by atoms with Gasteiger partial charge in [-0.15, -0.1) is 0 Å². The summed E-state index contributed by atoms with van der Waals surface area (Å²) >= 11 is 0. The molecule has 0 fully saturated rings. The molecule has 0 aliphatic rings. The molecule has 0 bridgehead atoms. The van der Waals surface area contributed by atoms with Crippen LogP contribution in [0.4, 0.5) is 5.69 Å². The second-order valence-electron chi connectivity index (χ2n) is 6.35. The highest BCUT2D eigenvalue weighted by molar-refractivity contribution is 5.74. The topological polar surface area (TPSA) is 83.6 Å². The lowest BCUT2D eigenvalue weighted by atomic mass is 9.90. The van der Waals surface area contributed by atoms with Gasteiger partial charge in [-0.05, 0) is 36.4 Å². The largest absolute Gasteiger partial charge is 0.388 e. The van der Waals surface area contributed by atoms with Crippen molar-refractivity contribution in [1.29, 1.82) is 5.26 Å². The van der Waals surface area contributed by atoms with E-state index in [-0.39, 0.29) is 5.56 Å². The lowest BCUT2D eigenvalue weighted by molar-refractivity contribution is 0.989. The zero-order valence-electron chi connectivity index (χ0n) is 15.7. The van der Waals surface area contributed by atoms with Crippen molar-refractivity contribution in [2.24, 2.45) is 0 Å². The molecule has 4 aromatic rings. The number of hydrogen-bond acceptors (Lipinski definition) is 5. The molecule has 0 atom stereocenters. The van der Waals surface area contributed by atoms with Crippen molar-refractivity contribution in [2.75, 3.05) is 12.4 Å². The minimum Gasteiger partial charge on any atom is -0.388 e. The van der Waals surface area contributed by atoms with Gasteiger partial charge in [0.1, 0.15) is 0 Å². The van der Waals surface area contributed by atoms with E-state index in [9.17, 15) is 10.1 Å². The summed E-state index contributed by atoms with van der Waals surface area (Å²) in [4.78, 5) is 22.1. The number of nitriles is 1. The van der Waals surface area contributed by atoms with E-state index in [2.05, 4.69) is 21.4 Å². The van der Waals surface area contributed by atoms with Crippen LogP contribution in [0.2, 0.25) is 0 Å². The van der Waals surface area contributed by atoms with Gasteiger partial charge in [0.25, 0.3) is 5.56 Å². The average molecular weight is 378 g/mol. The van der Waals surface area contributed by atoms with Crippen LogP contribution in [0.5, 0.6) is 0 Å². The number of aromatic nitrogens is 3. The minimum absolute atomic E-state index is 0.222. The van der Waals surface area contributed by atoms with Crippen LogP contribution in [0.1, 0.15) is 5.56 Å². The van der Waals surface area contributed by atoms with Crippen LogP contribution in [0.3, 0.4) is 0 Å². The van der Waals surface area contributed by atoms with Crippen molar-refractivity contribution in [3.05, 3.63) is 95.2 Å². The third-order valence-electron chi connectivity index (χ3n) is 4.59. The number of nitrogens with one attached hydrogen (secondary N) is 1. The summed E-state index contributed by atoms with van der Waals surface area (Å²) in [6.45, 7) is 0. The molecule has 6 nitrogen and oxygen atoms in total. The molecule has 0 aliphatic heterocycles. The monoisotopic (exact) mass is 378 g/mol. The van der Waals surface area contributed by atoms with Crippen molar-refractivity contribution in [2.45, 2.75) is 0 Å². The lowest BCUT2D eigenvalue weighted by Crippen LogP contribution is -2.20. The fourth-order valence-corrected chi connectivity index (χ4v) is 3.16. The van der Waals surface area contributed by atoms with E-state index < -0.39 is 0 Å². The Hall–Kier alpha value is -4.24. The van der Waals surface area contributed by atoms with Gasteiger partial charge in [0.05, 0.1) is 17.3 Å². The second-order valence-corrected chi connectivity index (χ2v) is 6.35. The van der Waals surface area contributed by atoms with Crippen LogP contribution in [0, 0.1) is 11.3 Å². The standard InChI is InChI=1S/C23H17N5O/c1-25-18-7-4-8-19(13-18)28-15-17(22-26-10-5-11-27-22)12-21(23(28)29)20-9-3-2-6-16(20)14-24/h2-13,15,25H,1H3/i14-1. The van der Waals surface area contributed by atoms with Crippen LogP contribution in [-0.2, 0) is 0 Å². The first-order valence-electron chi connectivity index (χ1n) is 9.03. The van der Waals surface area contributed by atoms with Gasteiger partial charge in [-0.2, -0.15) is 5.26 Å². The first-order chi connectivity index (χ1) is 14.2. The van der Waals surface area contributed by atoms with Crippen LogP contribution in [0.25, 0.3) is 28.2 Å². The molecule has 6 heteroatoms. The normalized spacial score (nSPS) is 10.3. The smallest absolute Gasteiger partial charge is 0.263 e. The zero-order valence-corrected chi connectivity index (χ0v) is 15.7. The van der Waals surface area contributed by atoms with Gasteiger partial charge in [-0.1, -0.05) is 24.3 Å². The lowest BCUT2D eigenvalue weighted by Gasteiger charge is -2.13. The predicted octanol–water partition coefficient (Wildman–Crippen LogP) is 3.87. The second kappa shape index (κ2) is 7.79. The molecule has 0 aliphatic carbocycles. The Morgan fingerprint density at radius 2 is 1.76 bits per heavy atom. The van der Waals surface area contributed by atoms with Crippen molar-refractivity contribution < 1.29 is 0 Å². The summed E-state index contributed by atoms with van der Waals surface area (Å²) in [5, 5.41) is 12.6. The Kier molecular flexibility index (Phi) is 4.87. The fourth-order valence-electron chi connectivity index (χ4n) is 3.16. The Bertz CT molecular complexity index is 1270. The van der Waals surface area contributed by atoms with E-state index in [0.717, 1.165) is 5.69 Å². The molecular weight excluding hydrogens is 361 g/mol. The maximum absolute atomic E-state index is 13.4. The van der Waals surface area contributed by atoms with Crippen LogP contribution >= 0.6 is 0 Å². The molecule has 0 spiro atoms. The maximum Gasteiger partial charge on any atom is 0.263 e. The molecule has 0 saturated carbocycles. The van der Waals surface area contributed by atoms with E-state index in [1.165, 1.54) is 0 Å². The molecule has 0 radical (unpaired) electrons. The van der Waals surface area contributed by atoms with E-state index in [4.69, 9.17) is 0 Å². The molecule has 2 heterocycles. The highest BCUT2D eigenvalue weighted by atomic mass is 16.1. The summed E-state index contributed by atoms with van der Waals surface area (Å²) in [5.41, 5.74) is 3.48. The number of anilines is 1. The molecule has 0 amide bonds. The van der Waals surface area contributed by atoms with Gasteiger partial charge < -0.3 is 5.32 Å². The molecular formula is C23H17N5O. The molecule has 0 saturated heterocycles. The average Bonchev–Trinajstić information content (AvgIpc) is 2.80. The SMILES string of the molecule is CNc1cccc(-n2cc(-c3ncccn3)cc(-c3ccccc3[11C]#N)c2=O)c1. The molecule has 4 rings (SSSR count). The molecule has 1 N–H and O–H groups in total. The summed E-state index contributed by atoms with van der Waals surface area (Å²) in [6, 6.07) is 20.3. The Morgan fingerprint density at radius 1 is 0.966 bits per heavy atom. The zero-order chi connectivity index (χ0) is 20.2.